The van der Waals surface area contributed by atoms with E-state index in [-0.39, 0.29) is 30.1 Å². The Labute approximate surface area is 183 Å². The Hall–Kier alpha value is -1.76. The van der Waals surface area contributed by atoms with Gasteiger partial charge in [0.1, 0.15) is 5.75 Å². The van der Waals surface area contributed by atoms with Gasteiger partial charge in [-0.3, -0.25) is 5.43 Å². The van der Waals surface area contributed by atoms with E-state index in [1.165, 1.54) is 12.0 Å². The van der Waals surface area contributed by atoms with Crippen LogP contribution in [0.4, 0.5) is 13.2 Å². The van der Waals surface area contributed by atoms with Crippen molar-refractivity contribution in [1.82, 2.24) is 10.4 Å². The molecule has 3 nitrogen and oxygen atoms in total. The maximum absolute atomic E-state index is 12.6. The van der Waals surface area contributed by atoms with Crippen LogP contribution in [0.5, 0.6) is 5.75 Å². The average Bonchev–Trinajstić information content (AvgIpc) is 2.71. The lowest BCUT2D eigenvalue weighted by molar-refractivity contribution is -0.153. The second kappa shape index (κ2) is 11.0. The molecule has 2 aromatic rings. The summed E-state index contributed by atoms with van der Waals surface area (Å²) in [4.78, 5) is 0. The molecule has 1 fully saturated rings. The van der Waals surface area contributed by atoms with Crippen molar-refractivity contribution in [1.29, 1.82) is 0 Å². The number of hydrazine groups is 1. The second-order valence-electron chi connectivity index (χ2n) is 7.88. The van der Waals surface area contributed by atoms with E-state index in [0.29, 0.717) is 6.54 Å². The van der Waals surface area contributed by atoms with Crippen LogP contribution in [-0.4, -0.2) is 24.3 Å². The number of halogens is 4. The first-order chi connectivity index (χ1) is 13.8. The normalized spacial score (nSPS) is 17.6. The molecule has 166 valence electrons. The SMILES string of the molecule is CC(C)c1ccc(OCC(F)(F)F)c(CNN2CCCCC2c2ccccc2)c1.Cl. The summed E-state index contributed by atoms with van der Waals surface area (Å²) in [5.41, 5.74) is 6.55. The van der Waals surface area contributed by atoms with Crippen LogP contribution in [0.3, 0.4) is 0 Å². The molecule has 0 amide bonds. The van der Waals surface area contributed by atoms with Crippen molar-refractivity contribution >= 4 is 12.4 Å². The molecule has 1 unspecified atom stereocenters. The minimum absolute atomic E-state index is 0. The highest BCUT2D eigenvalue weighted by atomic mass is 35.5. The molecule has 0 aliphatic carbocycles. The Morgan fingerprint density at radius 1 is 1.10 bits per heavy atom. The molecule has 7 heteroatoms. The van der Waals surface area contributed by atoms with Crippen molar-refractivity contribution in [3.63, 3.8) is 0 Å². The van der Waals surface area contributed by atoms with Crippen LogP contribution in [0.15, 0.2) is 48.5 Å². The quantitative estimate of drug-likeness (QED) is 0.536. The van der Waals surface area contributed by atoms with Gasteiger partial charge in [-0.05, 0) is 36.0 Å². The lowest BCUT2D eigenvalue weighted by atomic mass is 9.97. The van der Waals surface area contributed by atoms with Gasteiger partial charge >= 0.3 is 6.18 Å². The molecule has 0 aromatic heterocycles. The summed E-state index contributed by atoms with van der Waals surface area (Å²) in [7, 11) is 0. The lowest BCUT2D eigenvalue weighted by Gasteiger charge is -2.36. The predicted octanol–water partition coefficient (Wildman–Crippen LogP) is 6.40. The summed E-state index contributed by atoms with van der Waals surface area (Å²) >= 11 is 0. The summed E-state index contributed by atoms with van der Waals surface area (Å²) in [6.45, 7) is 4.19. The van der Waals surface area contributed by atoms with E-state index in [2.05, 4.69) is 36.4 Å². The van der Waals surface area contributed by atoms with Gasteiger partial charge in [0.05, 0.1) is 0 Å². The van der Waals surface area contributed by atoms with Gasteiger partial charge < -0.3 is 4.74 Å². The van der Waals surface area contributed by atoms with Gasteiger partial charge in [-0.2, -0.15) is 13.2 Å². The lowest BCUT2D eigenvalue weighted by Crippen LogP contribution is -2.43. The maximum atomic E-state index is 12.6. The zero-order chi connectivity index (χ0) is 20.9. The van der Waals surface area contributed by atoms with E-state index in [4.69, 9.17) is 4.74 Å². The highest BCUT2D eigenvalue weighted by Gasteiger charge is 2.29. The van der Waals surface area contributed by atoms with Gasteiger partial charge in [0, 0.05) is 24.7 Å². The molecule has 2 aromatic carbocycles. The van der Waals surface area contributed by atoms with Crippen molar-refractivity contribution in [2.75, 3.05) is 13.2 Å². The second-order valence-corrected chi connectivity index (χ2v) is 7.88. The zero-order valence-electron chi connectivity index (χ0n) is 17.4. The first-order valence-corrected chi connectivity index (χ1v) is 10.2. The predicted molar refractivity (Wildman–Crippen MR) is 116 cm³/mol. The minimum Gasteiger partial charge on any atom is -0.484 e. The fourth-order valence-electron chi connectivity index (χ4n) is 3.73. The number of ether oxygens (including phenoxy) is 1. The van der Waals surface area contributed by atoms with Crippen LogP contribution >= 0.6 is 12.4 Å². The number of piperidine rings is 1. The standard InChI is InChI=1S/C23H29F3N2O.ClH/c1-17(2)19-11-12-22(29-16-23(24,25)26)20(14-19)15-27-28-13-7-6-10-21(28)18-8-4-3-5-9-18;/h3-5,8-9,11-12,14,17,21,27H,6-7,10,13,15-16H2,1-2H3;1H. The van der Waals surface area contributed by atoms with Crippen LogP contribution in [0.25, 0.3) is 0 Å². The summed E-state index contributed by atoms with van der Waals surface area (Å²) in [5.74, 6) is 0.574. The van der Waals surface area contributed by atoms with Gasteiger partial charge in [-0.1, -0.05) is 62.7 Å². The average molecular weight is 443 g/mol. The van der Waals surface area contributed by atoms with Crippen LogP contribution in [0, 0.1) is 0 Å². The third-order valence-corrected chi connectivity index (χ3v) is 5.30. The van der Waals surface area contributed by atoms with Crippen LogP contribution in [0.2, 0.25) is 0 Å². The van der Waals surface area contributed by atoms with E-state index < -0.39 is 12.8 Å². The van der Waals surface area contributed by atoms with E-state index in [1.54, 1.807) is 6.07 Å². The van der Waals surface area contributed by atoms with Crippen molar-refractivity contribution in [3.8, 4) is 5.75 Å². The highest BCUT2D eigenvalue weighted by molar-refractivity contribution is 5.85. The Balaban J connectivity index is 0.00000320. The molecule has 3 rings (SSSR count). The van der Waals surface area contributed by atoms with Crippen molar-refractivity contribution in [2.24, 2.45) is 0 Å². The molecule has 1 atom stereocenters. The molecule has 0 spiro atoms. The highest BCUT2D eigenvalue weighted by Crippen LogP contribution is 2.31. The Morgan fingerprint density at radius 2 is 1.83 bits per heavy atom. The fourth-order valence-corrected chi connectivity index (χ4v) is 3.73. The largest absolute Gasteiger partial charge is 0.484 e. The molecule has 1 saturated heterocycles. The number of nitrogens with one attached hydrogen (secondary N) is 1. The Kier molecular flexibility index (Phi) is 9.01. The van der Waals surface area contributed by atoms with Crippen LogP contribution in [-0.2, 0) is 6.54 Å². The first kappa shape index (κ1) is 24.5. The number of hydrogen-bond acceptors (Lipinski definition) is 3. The van der Waals surface area contributed by atoms with E-state index in [1.807, 2.05) is 30.3 Å². The molecule has 1 aliphatic heterocycles. The third-order valence-electron chi connectivity index (χ3n) is 5.30. The number of alkyl halides is 3. The molecular formula is C23H30ClF3N2O. The maximum Gasteiger partial charge on any atom is 0.422 e. The number of rotatable bonds is 7. The summed E-state index contributed by atoms with van der Waals surface area (Å²) in [5, 5.41) is 2.22. The van der Waals surface area contributed by atoms with Gasteiger partial charge in [0.2, 0.25) is 0 Å². The molecule has 0 bridgehead atoms. The number of nitrogens with zero attached hydrogens (tertiary/aromatic N) is 1. The molecule has 0 saturated carbocycles. The first-order valence-electron chi connectivity index (χ1n) is 10.2. The molecule has 1 N–H and O–H groups in total. The molecule has 1 aliphatic rings. The number of benzene rings is 2. The fraction of sp³-hybridized carbons (Fsp3) is 0.478. The van der Waals surface area contributed by atoms with E-state index in [0.717, 1.165) is 30.5 Å². The monoisotopic (exact) mass is 442 g/mol. The smallest absolute Gasteiger partial charge is 0.422 e. The zero-order valence-corrected chi connectivity index (χ0v) is 18.2. The van der Waals surface area contributed by atoms with Gasteiger partial charge in [-0.25, -0.2) is 5.01 Å². The third kappa shape index (κ3) is 6.89. The van der Waals surface area contributed by atoms with E-state index in [9.17, 15) is 13.2 Å². The topological polar surface area (TPSA) is 24.5 Å². The molecule has 0 radical (unpaired) electrons. The van der Waals surface area contributed by atoms with Gasteiger partial charge in [0.25, 0.3) is 0 Å². The Morgan fingerprint density at radius 3 is 2.50 bits per heavy atom. The van der Waals surface area contributed by atoms with Crippen LogP contribution in [0.1, 0.15) is 61.8 Å². The van der Waals surface area contributed by atoms with E-state index >= 15 is 0 Å². The molecule has 1 heterocycles. The molecular weight excluding hydrogens is 413 g/mol. The van der Waals surface area contributed by atoms with Crippen LogP contribution < -0.4 is 10.2 Å². The number of hydrogen-bond donors (Lipinski definition) is 1. The van der Waals surface area contributed by atoms with Gasteiger partial charge in [-0.15, -0.1) is 12.4 Å². The van der Waals surface area contributed by atoms with Crippen molar-refractivity contribution in [2.45, 2.75) is 57.8 Å². The Bertz CT molecular complexity index is 784. The van der Waals surface area contributed by atoms with Gasteiger partial charge in [0.15, 0.2) is 6.61 Å². The summed E-state index contributed by atoms with van der Waals surface area (Å²) in [6, 6.07) is 16.0. The van der Waals surface area contributed by atoms with Crippen molar-refractivity contribution in [3.05, 3.63) is 65.2 Å². The van der Waals surface area contributed by atoms with Crippen molar-refractivity contribution < 1.29 is 17.9 Å². The summed E-state index contributed by atoms with van der Waals surface area (Å²) in [6.07, 6.45) is -1.03. The summed E-state index contributed by atoms with van der Waals surface area (Å²) < 4.78 is 43.0. The molecule has 30 heavy (non-hydrogen) atoms. The minimum atomic E-state index is -4.35.